The molecule has 2 unspecified atom stereocenters. The highest BCUT2D eigenvalue weighted by atomic mass is 79.9. The van der Waals surface area contributed by atoms with Gasteiger partial charge in [0.25, 0.3) is 0 Å². The summed E-state index contributed by atoms with van der Waals surface area (Å²) in [4.78, 5) is 5.05. The van der Waals surface area contributed by atoms with Crippen LogP contribution in [0.1, 0.15) is 55.7 Å². The average molecular weight is 502 g/mol. The summed E-state index contributed by atoms with van der Waals surface area (Å²) in [5.41, 5.74) is 4.60. The predicted octanol–water partition coefficient (Wildman–Crippen LogP) is 7.43. The van der Waals surface area contributed by atoms with Crippen LogP contribution in [0.15, 0.2) is 45.9 Å². The van der Waals surface area contributed by atoms with Crippen molar-refractivity contribution in [3.8, 4) is 11.8 Å². The molecule has 1 heterocycles. The molecule has 0 amide bonds. The number of methoxy groups -OCH3 is 1. The Bertz CT molecular complexity index is 966. The second-order valence-corrected chi connectivity index (χ2v) is 9.44. The molecule has 0 bridgehead atoms. The summed E-state index contributed by atoms with van der Waals surface area (Å²) in [5, 5.41) is 10.2. The number of nitrogens with zero attached hydrogens (tertiary/aromatic N) is 2. The van der Waals surface area contributed by atoms with Crippen molar-refractivity contribution < 1.29 is 4.74 Å². The molecule has 2 aromatic carbocycles. The summed E-state index contributed by atoms with van der Waals surface area (Å²) >= 11 is 10.3. The van der Waals surface area contributed by atoms with Gasteiger partial charge in [0.1, 0.15) is 5.75 Å². The van der Waals surface area contributed by atoms with E-state index in [-0.39, 0.29) is 0 Å². The van der Waals surface area contributed by atoms with Crippen molar-refractivity contribution >= 4 is 33.2 Å². The van der Waals surface area contributed by atoms with Crippen LogP contribution >= 0.6 is 27.5 Å². The highest BCUT2D eigenvalue weighted by Crippen LogP contribution is 2.34. The quantitative estimate of drug-likeness (QED) is 0.377. The van der Waals surface area contributed by atoms with E-state index in [0.717, 1.165) is 82.7 Å². The van der Waals surface area contributed by atoms with Crippen LogP contribution in [0.25, 0.3) is 0 Å². The van der Waals surface area contributed by atoms with Crippen molar-refractivity contribution in [1.29, 1.82) is 5.26 Å². The third-order valence-corrected chi connectivity index (χ3v) is 7.13. The van der Waals surface area contributed by atoms with Crippen LogP contribution in [0.5, 0.6) is 5.75 Å². The number of aliphatic imine (C=N–C) groups is 1. The van der Waals surface area contributed by atoms with Gasteiger partial charge in [-0.25, -0.2) is 0 Å². The summed E-state index contributed by atoms with van der Waals surface area (Å²) in [5.74, 6) is 1.53. The van der Waals surface area contributed by atoms with Crippen LogP contribution in [0.2, 0.25) is 5.02 Å². The van der Waals surface area contributed by atoms with Crippen molar-refractivity contribution in [1.82, 2.24) is 0 Å². The Morgan fingerprint density at radius 1 is 1.26 bits per heavy atom. The first-order chi connectivity index (χ1) is 15.1. The summed E-state index contributed by atoms with van der Waals surface area (Å²) in [6, 6.07) is 14.7. The standard InChI is InChI=1S/C26H30BrClN2O/c1-3-18(14-15-29)21-7-4-5-16-30-26(21)23-8-6-9-24(28)22(23)12-10-19-17-20(27)11-13-25(19)31-2/h6,8-9,11,13,17-18,21H,3-5,7,10,12,14,16H2,1-2H3. The average Bonchev–Trinajstić information content (AvgIpc) is 3.02. The van der Waals surface area contributed by atoms with Gasteiger partial charge in [0.15, 0.2) is 0 Å². The van der Waals surface area contributed by atoms with Gasteiger partial charge < -0.3 is 4.74 Å². The Labute approximate surface area is 199 Å². The molecule has 164 valence electrons. The van der Waals surface area contributed by atoms with E-state index in [1.165, 1.54) is 0 Å². The van der Waals surface area contributed by atoms with Gasteiger partial charge in [-0.1, -0.05) is 59.4 Å². The molecule has 31 heavy (non-hydrogen) atoms. The van der Waals surface area contributed by atoms with E-state index in [0.29, 0.717) is 18.3 Å². The smallest absolute Gasteiger partial charge is 0.122 e. The Kier molecular flexibility index (Phi) is 8.99. The van der Waals surface area contributed by atoms with Gasteiger partial charge in [-0.15, -0.1) is 0 Å². The SMILES string of the molecule is CCC(CC#N)C1CCCCN=C1c1cccc(Cl)c1CCc1cc(Br)ccc1OC. The lowest BCUT2D eigenvalue weighted by atomic mass is 9.78. The minimum absolute atomic E-state index is 0.310. The number of ether oxygens (including phenoxy) is 1. The Morgan fingerprint density at radius 3 is 2.84 bits per heavy atom. The first-order valence-corrected chi connectivity index (χ1v) is 12.3. The van der Waals surface area contributed by atoms with Gasteiger partial charge >= 0.3 is 0 Å². The van der Waals surface area contributed by atoms with Crippen LogP contribution in [0, 0.1) is 23.2 Å². The van der Waals surface area contributed by atoms with E-state index in [2.05, 4.69) is 41.1 Å². The predicted molar refractivity (Wildman–Crippen MR) is 132 cm³/mol. The molecule has 3 nitrogen and oxygen atoms in total. The van der Waals surface area contributed by atoms with Gasteiger partial charge in [0.05, 0.1) is 13.2 Å². The molecule has 2 atom stereocenters. The third kappa shape index (κ3) is 5.90. The first kappa shape index (κ1) is 23.8. The zero-order valence-corrected chi connectivity index (χ0v) is 20.7. The molecule has 1 aliphatic heterocycles. The molecular weight excluding hydrogens is 472 g/mol. The minimum Gasteiger partial charge on any atom is -0.496 e. The first-order valence-electron chi connectivity index (χ1n) is 11.1. The fraction of sp³-hybridized carbons (Fsp3) is 0.462. The van der Waals surface area contributed by atoms with E-state index >= 15 is 0 Å². The second kappa shape index (κ2) is 11.7. The van der Waals surface area contributed by atoms with Crippen LogP contribution < -0.4 is 4.74 Å². The van der Waals surface area contributed by atoms with Gasteiger partial charge in [0.2, 0.25) is 0 Å². The highest BCUT2D eigenvalue weighted by Gasteiger charge is 2.29. The molecule has 0 fully saturated rings. The van der Waals surface area contributed by atoms with Crippen molar-refractivity contribution in [2.45, 2.75) is 51.9 Å². The monoisotopic (exact) mass is 500 g/mol. The van der Waals surface area contributed by atoms with Crippen molar-refractivity contribution in [3.63, 3.8) is 0 Å². The second-order valence-electron chi connectivity index (χ2n) is 8.12. The zero-order valence-electron chi connectivity index (χ0n) is 18.3. The van der Waals surface area contributed by atoms with Crippen LogP contribution in [-0.4, -0.2) is 19.4 Å². The number of halogens is 2. The molecule has 1 aliphatic rings. The molecule has 0 radical (unpaired) electrons. The maximum Gasteiger partial charge on any atom is 0.122 e. The number of hydrogen-bond donors (Lipinski definition) is 0. The lowest BCUT2D eigenvalue weighted by Gasteiger charge is -2.27. The maximum atomic E-state index is 9.38. The molecule has 0 N–H and O–H groups in total. The molecule has 0 aromatic heterocycles. The fourth-order valence-electron chi connectivity index (χ4n) is 4.62. The largest absolute Gasteiger partial charge is 0.496 e. The van der Waals surface area contributed by atoms with E-state index in [1.54, 1.807) is 7.11 Å². The minimum atomic E-state index is 0.310. The van der Waals surface area contributed by atoms with Crippen LogP contribution in [0.3, 0.4) is 0 Å². The van der Waals surface area contributed by atoms with Crippen molar-refractivity contribution in [2.75, 3.05) is 13.7 Å². The molecule has 0 saturated heterocycles. The third-order valence-electron chi connectivity index (χ3n) is 6.29. The summed E-state index contributed by atoms with van der Waals surface area (Å²) in [6.45, 7) is 3.03. The van der Waals surface area contributed by atoms with Gasteiger partial charge in [-0.3, -0.25) is 4.99 Å². The van der Waals surface area contributed by atoms with Crippen LogP contribution in [0.4, 0.5) is 0 Å². The molecule has 3 rings (SSSR count). The number of hydrogen-bond acceptors (Lipinski definition) is 3. The normalized spacial score (nSPS) is 17.4. The maximum absolute atomic E-state index is 9.38. The number of rotatable bonds is 8. The lowest BCUT2D eigenvalue weighted by molar-refractivity contribution is 0.386. The Morgan fingerprint density at radius 2 is 2.10 bits per heavy atom. The van der Waals surface area contributed by atoms with Crippen LogP contribution in [-0.2, 0) is 12.8 Å². The summed E-state index contributed by atoms with van der Waals surface area (Å²) in [6.07, 6.45) is 6.55. The topological polar surface area (TPSA) is 45.4 Å². The van der Waals surface area contributed by atoms with Gasteiger partial charge in [-0.2, -0.15) is 5.26 Å². The Hall–Kier alpha value is -1.83. The van der Waals surface area contributed by atoms with Crippen molar-refractivity contribution in [3.05, 3.63) is 62.6 Å². The summed E-state index contributed by atoms with van der Waals surface area (Å²) < 4.78 is 6.60. The molecule has 5 heteroatoms. The zero-order chi connectivity index (χ0) is 22.2. The molecule has 2 aromatic rings. The molecule has 0 aliphatic carbocycles. The van der Waals surface area contributed by atoms with Crippen molar-refractivity contribution in [2.24, 2.45) is 16.8 Å². The van der Waals surface area contributed by atoms with E-state index in [1.807, 2.05) is 24.3 Å². The van der Waals surface area contributed by atoms with Gasteiger partial charge in [-0.05, 0) is 67.0 Å². The number of aryl methyl sites for hydroxylation is 1. The molecule has 0 spiro atoms. The van der Waals surface area contributed by atoms with Gasteiger partial charge in [0, 0.05) is 39.7 Å². The van der Waals surface area contributed by atoms with E-state index < -0.39 is 0 Å². The Balaban J connectivity index is 1.97. The van der Waals surface area contributed by atoms with E-state index in [4.69, 9.17) is 21.3 Å². The number of benzene rings is 2. The lowest BCUT2D eigenvalue weighted by Crippen LogP contribution is -2.25. The highest BCUT2D eigenvalue weighted by molar-refractivity contribution is 9.10. The fourth-order valence-corrected chi connectivity index (χ4v) is 5.29. The van der Waals surface area contributed by atoms with E-state index in [9.17, 15) is 5.26 Å². The molecule has 0 saturated carbocycles. The molecular formula is C26H30BrClN2O. The number of nitriles is 1. The summed E-state index contributed by atoms with van der Waals surface area (Å²) in [7, 11) is 1.71.